The lowest BCUT2D eigenvalue weighted by Gasteiger charge is -2.36. The number of phenols is 1. The molecule has 0 spiro atoms. The van der Waals surface area contributed by atoms with Gasteiger partial charge in [-0.25, -0.2) is 8.42 Å². The fourth-order valence-corrected chi connectivity index (χ4v) is 5.55. The van der Waals surface area contributed by atoms with Gasteiger partial charge in [0.25, 0.3) is 0 Å². The van der Waals surface area contributed by atoms with Crippen LogP contribution in [0, 0.1) is 6.92 Å². The summed E-state index contributed by atoms with van der Waals surface area (Å²) >= 11 is 0. The van der Waals surface area contributed by atoms with Crippen molar-refractivity contribution in [3.05, 3.63) is 82.9 Å². The maximum absolute atomic E-state index is 13.7. The zero-order valence-corrected chi connectivity index (χ0v) is 18.5. The van der Waals surface area contributed by atoms with Gasteiger partial charge in [-0.05, 0) is 54.8 Å². The number of hydrogen-bond acceptors (Lipinski definition) is 5. The molecule has 0 amide bonds. The number of benzene rings is 3. The third-order valence-electron chi connectivity index (χ3n) is 5.77. The van der Waals surface area contributed by atoms with Crippen molar-refractivity contribution in [2.24, 2.45) is 0 Å². The Kier molecular flexibility index (Phi) is 5.64. The lowest BCUT2D eigenvalue weighted by molar-refractivity contribution is 0.286. The second-order valence-corrected chi connectivity index (χ2v) is 9.50. The van der Waals surface area contributed by atoms with Gasteiger partial charge < -0.3 is 14.6 Å². The summed E-state index contributed by atoms with van der Waals surface area (Å²) in [6.45, 7) is 1.96. The number of methoxy groups -OCH3 is 2. The summed E-state index contributed by atoms with van der Waals surface area (Å²) in [6.07, 6.45) is 0.435. The van der Waals surface area contributed by atoms with Crippen LogP contribution in [0.25, 0.3) is 0 Å². The van der Waals surface area contributed by atoms with Crippen LogP contribution in [0.1, 0.15) is 28.3 Å². The van der Waals surface area contributed by atoms with E-state index >= 15 is 0 Å². The summed E-state index contributed by atoms with van der Waals surface area (Å²) in [5.41, 5.74) is 3.31. The summed E-state index contributed by atoms with van der Waals surface area (Å²) < 4.78 is 39.3. The van der Waals surface area contributed by atoms with Crippen molar-refractivity contribution in [3.63, 3.8) is 0 Å². The van der Waals surface area contributed by atoms with Gasteiger partial charge in [-0.1, -0.05) is 35.9 Å². The lowest BCUT2D eigenvalue weighted by Crippen LogP contribution is -2.39. The van der Waals surface area contributed by atoms with Crippen molar-refractivity contribution >= 4 is 10.0 Å². The highest BCUT2D eigenvalue weighted by Crippen LogP contribution is 2.43. The zero-order chi connectivity index (χ0) is 22.2. The molecule has 162 valence electrons. The molecule has 0 bridgehead atoms. The van der Waals surface area contributed by atoms with E-state index < -0.39 is 16.1 Å². The molecule has 3 aromatic rings. The summed E-state index contributed by atoms with van der Waals surface area (Å²) in [7, 11) is -0.750. The molecule has 0 aromatic heterocycles. The predicted octanol–water partition coefficient (Wildman–Crippen LogP) is 4.21. The van der Waals surface area contributed by atoms with E-state index in [9.17, 15) is 13.5 Å². The molecule has 1 atom stereocenters. The Balaban J connectivity index is 1.84. The van der Waals surface area contributed by atoms with E-state index in [-0.39, 0.29) is 17.2 Å². The van der Waals surface area contributed by atoms with Crippen molar-refractivity contribution in [2.45, 2.75) is 30.8 Å². The minimum Gasteiger partial charge on any atom is -0.504 e. The number of fused-ring (bicyclic) bond motifs is 1. The number of aromatic hydroxyl groups is 1. The highest BCUT2D eigenvalue weighted by Gasteiger charge is 2.38. The van der Waals surface area contributed by atoms with Crippen molar-refractivity contribution in [3.8, 4) is 17.2 Å². The average Bonchev–Trinajstić information content (AvgIpc) is 2.79. The molecule has 1 aliphatic heterocycles. The topological polar surface area (TPSA) is 76.1 Å². The molecular formula is C24H25NO5S. The average molecular weight is 440 g/mol. The molecule has 0 saturated carbocycles. The summed E-state index contributed by atoms with van der Waals surface area (Å²) in [6, 6.07) is 17.4. The second kappa shape index (κ2) is 8.24. The first-order chi connectivity index (χ1) is 14.8. The summed E-state index contributed by atoms with van der Waals surface area (Å²) in [4.78, 5) is 0.224. The van der Waals surface area contributed by atoms with Crippen LogP contribution in [0.3, 0.4) is 0 Å². The molecule has 1 heterocycles. The van der Waals surface area contributed by atoms with E-state index in [1.54, 1.807) is 37.4 Å². The van der Waals surface area contributed by atoms with Crippen LogP contribution < -0.4 is 9.47 Å². The molecule has 3 aromatic carbocycles. The zero-order valence-electron chi connectivity index (χ0n) is 17.7. The number of aryl methyl sites for hydroxylation is 1. The van der Waals surface area contributed by atoms with Crippen molar-refractivity contribution in [2.75, 3.05) is 14.2 Å². The molecule has 31 heavy (non-hydrogen) atoms. The summed E-state index contributed by atoms with van der Waals surface area (Å²) in [5.74, 6) is 1.02. The van der Waals surface area contributed by atoms with Crippen LogP contribution >= 0.6 is 0 Å². The Morgan fingerprint density at radius 3 is 2.23 bits per heavy atom. The predicted molar refractivity (Wildman–Crippen MR) is 118 cm³/mol. The molecule has 1 unspecified atom stereocenters. The molecule has 1 aliphatic rings. The van der Waals surface area contributed by atoms with E-state index in [1.165, 1.54) is 11.4 Å². The van der Waals surface area contributed by atoms with E-state index in [4.69, 9.17) is 9.47 Å². The minimum absolute atomic E-state index is 0.0164. The number of rotatable bonds is 5. The maximum Gasteiger partial charge on any atom is 0.243 e. The first kappa shape index (κ1) is 21.2. The van der Waals surface area contributed by atoms with Gasteiger partial charge in [0.15, 0.2) is 11.5 Å². The third-order valence-corrected chi connectivity index (χ3v) is 7.63. The first-order valence-corrected chi connectivity index (χ1v) is 11.4. The molecule has 6 nitrogen and oxygen atoms in total. The Morgan fingerprint density at radius 2 is 1.61 bits per heavy atom. The quantitative estimate of drug-likeness (QED) is 0.645. The van der Waals surface area contributed by atoms with Gasteiger partial charge in [0, 0.05) is 12.1 Å². The normalized spacial score (nSPS) is 16.5. The Bertz CT molecular complexity index is 1190. The minimum atomic E-state index is -3.82. The van der Waals surface area contributed by atoms with Gasteiger partial charge in [-0.2, -0.15) is 4.31 Å². The molecule has 1 N–H and O–H groups in total. The molecule has 0 aliphatic carbocycles. The largest absolute Gasteiger partial charge is 0.504 e. The molecule has 7 heteroatoms. The van der Waals surface area contributed by atoms with Gasteiger partial charge in [-0.3, -0.25) is 0 Å². The molecule has 0 radical (unpaired) electrons. The lowest BCUT2D eigenvalue weighted by atomic mass is 9.91. The SMILES string of the molecule is COc1ccc(C2Cc3ccc(OC)c(O)c3CN2S(=O)(=O)c2ccc(C)cc2)cc1. The number of sulfonamides is 1. The van der Waals surface area contributed by atoms with Crippen molar-refractivity contribution in [1.29, 1.82) is 0 Å². The van der Waals surface area contributed by atoms with E-state index in [1.807, 2.05) is 37.3 Å². The third kappa shape index (κ3) is 3.86. The van der Waals surface area contributed by atoms with Crippen LogP contribution in [-0.4, -0.2) is 32.0 Å². The fraction of sp³-hybridized carbons (Fsp3) is 0.250. The standard InChI is InChI=1S/C24H25NO5S/c1-16-4-11-20(12-5-16)31(27,28)25-15-21-18(8-13-23(30-3)24(21)26)14-22(25)17-6-9-19(29-2)10-7-17/h4-13,22,26H,14-15H2,1-3H3. The molecule has 0 fully saturated rings. The number of nitrogens with zero attached hydrogens (tertiary/aromatic N) is 1. The maximum atomic E-state index is 13.7. The first-order valence-electron chi connectivity index (χ1n) is 9.95. The Labute approximate surface area is 182 Å². The van der Waals surface area contributed by atoms with Gasteiger partial charge >= 0.3 is 0 Å². The Morgan fingerprint density at radius 1 is 0.935 bits per heavy atom. The van der Waals surface area contributed by atoms with Gasteiger partial charge in [0.05, 0.1) is 25.2 Å². The number of phenolic OH excluding ortho intramolecular Hbond substituents is 1. The van der Waals surface area contributed by atoms with Crippen LogP contribution in [0.5, 0.6) is 17.2 Å². The second-order valence-electron chi connectivity index (χ2n) is 7.61. The number of hydrogen-bond donors (Lipinski definition) is 1. The smallest absolute Gasteiger partial charge is 0.243 e. The van der Waals surface area contributed by atoms with E-state index in [0.29, 0.717) is 23.5 Å². The molecular weight excluding hydrogens is 414 g/mol. The van der Waals surface area contributed by atoms with Crippen molar-refractivity contribution < 1.29 is 23.0 Å². The van der Waals surface area contributed by atoms with Crippen molar-refractivity contribution in [1.82, 2.24) is 4.31 Å². The highest BCUT2D eigenvalue weighted by molar-refractivity contribution is 7.89. The van der Waals surface area contributed by atoms with Crippen LogP contribution in [0.4, 0.5) is 0 Å². The summed E-state index contributed by atoms with van der Waals surface area (Å²) in [5, 5.41) is 10.7. The fourth-order valence-electron chi connectivity index (χ4n) is 3.97. The van der Waals surface area contributed by atoms with Crippen LogP contribution in [0.15, 0.2) is 65.6 Å². The monoisotopic (exact) mass is 439 g/mol. The van der Waals surface area contributed by atoms with Gasteiger partial charge in [0.1, 0.15) is 5.75 Å². The van der Waals surface area contributed by atoms with E-state index in [0.717, 1.165) is 16.7 Å². The van der Waals surface area contributed by atoms with Crippen LogP contribution in [-0.2, 0) is 23.0 Å². The van der Waals surface area contributed by atoms with Gasteiger partial charge in [0.2, 0.25) is 10.0 Å². The molecule has 0 saturated heterocycles. The highest BCUT2D eigenvalue weighted by atomic mass is 32.2. The van der Waals surface area contributed by atoms with Gasteiger partial charge in [-0.15, -0.1) is 0 Å². The van der Waals surface area contributed by atoms with E-state index in [2.05, 4.69) is 0 Å². The number of ether oxygens (including phenoxy) is 2. The van der Waals surface area contributed by atoms with Crippen LogP contribution in [0.2, 0.25) is 0 Å². The molecule has 4 rings (SSSR count). The Hall–Kier alpha value is -3.03.